The molecule has 2 nitrogen and oxygen atoms in total. The van der Waals surface area contributed by atoms with Crippen molar-refractivity contribution < 1.29 is 4.84 Å². The number of hydrogen-bond donors (Lipinski definition) is 0. The van der Waals surface area contributed by atoms with Crippen LogP contribution in [0.2, 0.25) is 0 Å². The maximum Gasteiger partial charge on any atom is 0.116 e. The second kappa shape index (κ2) is 5.60. The molecule has 0 aliphatic rings. The first kappa shape index (κ1) is 8.47. The van der Waals surface area contributed by atoms with Crippen molar-refractivity contribution in [2.75, 3.05) is 6.61 Å². The topological polar surface area (TPSA) is 21.6 Å². The summed E-state index contributed by atoms with van der Waals surface area (Å²) in [6.07, 6.45) is 2.00. The predicted molar refractivity (Wildman–Crippen MR) is 39.6 cm³/mol. The highest BCUT2D eigenvalue weighted by Crippen LogP contribution is 1.86. The molecule has 0 atom stereocenters. The molecule has 0 heterocycles. The normalized spacial score (nSPS) is 11.7. The summed E-state index contributed by atoms with van der Waals surface area (Å²) in [5.41, 5.74) is 1.06. The Morgan fingerprint density at radius 3 is 2.56 bits per heavy atom. The van der Waals surface area contributed by atoms with Gasteiger partial charge in [0.05, 0.1) is 5.71 Å². The Kier molecular flexibility index (Phi) is 5.27. The van der Waals surface area contributed by atoms with Crippen LogP contribution >= 0.6 is 0 Å². The lowest BCUT2D eigenvalue weighted by Gasteiger charge is -1.95. The van der Waals surface area contributed by atoms with Gasteiger partial charge in [-0.1, -0.05) is 19.0 Å². The van der Waals surface area contributed by atoms with Gasteiger partial charge in [-0.2, -0.15) is 0 Å². The minimum atomic E-state index is 0.733. The first-order valence-electron chi connectivity index (χ1n) is 3.46. The Labute approximate surface area is 56.9 Å². The molecule has 0 aromatic rings. The van der Waals surface area contributed by atoms with Crippen molar-refractivity contribution in [1.82, 2.24) is 0 Å². The lowest BCUT2D eigenvalue weighted by atomic mass is 10.3. The van der Waals surface area contributed by atoms with Crippen LogP contribution < -0.4 is 0 Å². The van der Waals surface area contributed by atoms with Crippen molar-refractivity contribution in [2.45, 2.75) is 33.6 Å². The van der Waals surface area contributed by atoms with Gasteiger partial charge >= 0.3 is 0 Å². The van der Waals surface area contributed by atoms with Gasteiger partial charge in [-0.05, 0) is 19.8 Å². The van der Waals surface area contributed by atoms with Crippen LogP contribution in [0.4, 0.5) is 0 Å². The van der Waals surface area contributed by atoms with E-state index in [-0.39, 0.29) is 0 Å². The molecule has 0 unspecified atom stereocenters. The largest absolute Gasteiger partial charge is 0.396 e. The van der Waals surface area contributed by atoms with E-state index in [0.717, 1.165) is 25.2 Å². The van der Waals surface area contributed by atoms with Gasteiger partial charge in [-0.25, -0.2) is 0 Å². The molecule has 0 bridgehead atoms. The zero-order valence-corrected chi connectivity index (χ0v) is 6.48. The Morgan fingerprint density at radius 1 is 1.44 bits per heavy atom. The van der Waals surface area contributed by atoms with Crippen LogP contribution in [-0.2, 0) is 4.84 Å². The molecule has 0 N–H and O–H groups in total. The zero-order chi connectivity index (χ0) is 7.11. The van der Waals surface area contributed by atoms with Gasteiger partial charge in [0.25, 0.3) is 0 Å². The van der Waals surface area contributed by atoms with Gasteiger partial charge in [-0.15, -0.1) is 0 Å². The lowest BCUT2D eigenvalue weighted by Crippen LogP contribution is -1.91. The fourth-order valence-electron chi connectivity index (χ4n) is 0.312. The Bertz CT molecular complexity index is 88.9. The van der Waals surface area contributed by atoms with E-state index in [2.05, 4.69) is 19.0 Å². The fourth-order valence-corrected chi connectivity index (χ4v) is 0.312. The molecule has 0 aliphatic carbocycles. The Hall–Kier alpha value is -0.530. The van der Waals surface area contributed by atoms with E-state index >= 15 is 0 Å². The summed E-state index contributed by atoms with van der Waals surface area (Å²) in [5.74, 6) is 0. The molecule has 0 aromatic heterocycles. The molecule has 9 heavy (non-hydrogen) atoms. The van der Waals surface area contributed by atoms with E-state index in [1.807, 2.05) is 6.92 Å². The number of hydrogen-bond acceptors (Lipinski definition) is 2. The highest BCUT2D eigenvalue weighted by molar-refractivity contribution is 5.80. The lowest BCUT2D eigenvalue weighted by molar-refractivity contribution is 0.144. The minimum Gasteiger partial charge on any atom is -0.396 e. The summed E-state index contributed by atoms with van der Waals surface area (Å²) in [7, 11) is 0. The summed E-state index contributed by atoms with van der Waals surface area (Å²) in [4.78, 5) is 4.92. The molecule has 0 saturated carbocycles. The quantitative estimate of drug-likeness (QED) is 0.324. The van der Waals surface area contributed by atoms with Gasteiger partial charge in [0.15, 0.2) is 0 Å². The van der Waals surface area contributed by atoms with Gasteiger partial charge in [-0.3, -0.25) is 0 Å². The average molecular weight is 129 g/mol. The maximum atomic E-state index is 4.92. The van der Waals surface area contributed by atoms with Gasteiger partial charge in [0.1, 0.15) is 6.61 Å². The number of rotatable bonds is 4. The van der Waals surface area contributed by atoms with Crippen molar-refractivity contribution in [3.05, 3.63) is 0 Å². The van der Waals surface area contributed by atoms with Crippen molar-refractivity contribution >= 4 is 5.71 Å². The Balaban J connectivity index is 3.21. The highest BCUT2D eigenvalue weighted by Gasteiger charge is 1.83. The van der Waals surface area contributed by atoms with Crippen molar-refractivity contribution in [3.63, 3.8) is 0 Å². The third kappa shape index (κ3) is 5.34. The van der Waals surface area contributed by atoms with Crippen LogP contribution in [0.3, 0.4) is 0 Å². The van der Waals surface area contributed by atoms with Crippen LogP contribution in [0.15, 0.2) is 5.16 Å². The Morgan fingerprint density at radius 2 is 2.11 bits per heavy atom. The van der Waals surface area contributed by atoms with Crippen LogP contribution in [0, 0.1) is 0 Å². The molecule has 0 radical (unpaired) electrons. The number of oxime groups is 1. The molecule has 0 aromatic carbocycles. The summed E-state index contributed by atoms with van der Waals surface area (Å²) >= 11 is 0. The van der Waals surface area contributed by atoms with Crippen molar-refractivity contribution in [1.29, 1.82) is 0 Å². The molecule has 0 saturated heterocycles. The standard InChI is InChI=1S/C7H15NO/c1-4-6-9-8-7(3)5-2/h4-6H2,1-3H3/b8-7-. The summed E-state index contributed by atoms with van der Waals surface area (Å²) in [5, 5.41) is 3.85. The van der Waals surface area contributed by atoms with E-state index in [1.165, 1.54) is 0 Å². The second-order valence-corrected chi connectivity index (χ2v) is 2.01. The third-order valence-electron chi connectivity index (χ3n) is 1.03. The second-order valence-electron chi connectivity index (χ2n) is 2.01. The van der Waals surface area contributed by atoms with Crippen molar-refractivity contribution in [2.24, 2.45) is 5.16 Å². The van der Waals surface area contributed by atoms with Crippen molar-refractivity contribution in [3.8, 4) is 0 Å². The molecule has 0 rings (SSSR count). The third-order valence-corrected chi connectivity index (χ3v) is 1.03. The molecular weight excluding hydrogens is 114 g/mol. The van der Waals surface area contributed by atoms with E-state index in [1.54, 1.807) is 0 Å². The first-order valence-corrected chi connectivity index (χ1v) is 3.46. The van der Waals surface area contributed by atoms with Gasteiger partial charge in [0, 0.05) is 0 Å². The maximum absolute atomic E-state index is 4.92. The monoisotopic (exact) mass is 129 g/mol. The van der Waals surface area contributed by atoms with Gasteiger partial charge in [0.2, 0.25) is 0 Å². The predicted octanol–water partition coefficient (Wildman–Crippen LogP) is 2.20. The van der Waals surface area contributed by atoms with E-state index < -0.39 is 0 Å². The van der Waals surface area contributed by atoms with E-state index in [4.69, 9.17) is 4.84 Å². The number of nitrogens with zero attached hydrogens (tertiary/aromatic N) is 1. The van der Waals surface area contributed by atoms with Crippen LogP contribution in [0.1, 0.15) is 33.6 Å². The summed E-state index contributed by atoms with van der Waals surface area (Å²) in [6, 6.07) is 0. The molecule has 0 amide bonds. The zero-order valence-electron chi connectivity index (χ0n) is 6.48. The average Bonchev–Trinajstić information content (AvgIpc) is 1.89. The SMILES string of the molecule is CCCO/N=C(/C)CC. The van der Waals surface area contributed by atoms with Gasteiger partial charge < -0.3 is 4.84 Å². The summed E-state index contributed by atoms with van der Waals surface area (Å²) in [6.45, 7) is 6.83. The minimum absolute atomic E-state index is 0.733. The van der Waals surface area contributed by atoms with Crippen LogP contribution in [0.5, 0.6) is 0 Å². The molecule has 2 heteroatoms. The smallest absolute Gasteiger partial charge is 0.116 e. The highest BCUT2D eigenvalue weighted by atomic mass is 16.6. The van der Waals surface area contributed by atoms with Crippen LogP contribution in [-0.4, -0.2) is 12.3 Å². The van der Waals surface area contributed by atoms with Crippen LogP contribution in [0.25, 0.3) is 0 Å². The van der Waals surface area contributed by atoms with E-state index in [9.17, 15) is 0 Å². The van der Waals surface area contributed by atoms with E-state index in [0.29, 0.717) is 0 Å². The molecule has 54 valence electrons. The fraction of sp³-hybridized carbons (Fsp3) is 0.857. The molecule has 0 aliphatic heterocycles. The first-order chi connectivity index (χ1) is 4.31. The molecule has 0 fully saturated rings. The summed E-state index contributed by atoms with van der Waals surface area (Å²) < 4.78 is 0. The molecular formula is C7H15NO. The molecule has 0 spiro atoms.